The second-order valence-electron chi connectivity index (χ2n) is 7.38. The molecule has 1 saturated heterocycles. The summed E-state index contributed by atoms with van der Waals surface area (Å²) in [6.07, 6.45) is 2.97. The predicted octanol–water partition coefficient (Wildman–Crippen LogP) is 2.66. The molecule has 0 aromatic rings. The molecular weight excluding hydrogens is 390 g/mol. The maximum Gasteiger partial charge on any atom is 0.335 e. The number of halogens is 2. The largest absolute Gasteiger partial charge is 0.378 e. The van der Waals surface area contributed by atoms with E-state index in [1.54, 1.807) is 0 Å². The lowest BCUT2D eigenvalue weighted by molar-refractivity contribution is -0.198. The zero-order chi connectivity index (χ0) is 21.3. The molecule has 0 aliphatic carbocycles. The van der Waals surface area contributed by atoms with E-state index in [4.69, 9.17) is 9.57 Å². The Kier molecular flexibility index (Phi) is 8.87. The first-order valence-corrected chi connectivity index (χ1v) is 9.92. The van der Waals surface area contributed by atoms with Crippen LogP contribution in [0.1, 0.15) is 58.3 Å². The average Bonchev–Trinajstić information content (AvgIpc) is 3.22. The molecule has 29 heavy (non-hydrogen) atoms. The quantitative estimate of drug-likeness (QED) is 0.337. The highest BCUT2D eigenvalue weighted by Crippen LogP contribution is 2.21. The van der Waals surface area contributed by atoms with Gasteiger partial charge >= 0.3 is 5.97 Å². The van der Waals surface area contributed by atoms with Crippen LogP contribution in [-0.2, 0) is 24.0 Å². The summed E-state index contributed by atoms with van der Waals surface area (Å²) in [4.78, 5) is 39.1. The van der Waals surface area contributed by atoms with Crippen LogP contribution < -0.4 is 0 Å². The van der Waals surface area contributed by atoms with Gasteiger partial charge in [-0.05, 0) is 19.8 Å². The molecule has 0 spiro atoms. The number of ether oxygens (including phenoxy) is 1. The van der Waals surface area contributed by atoms with E-state index in [1.807, 2.05) is 5.01 Å². The fourth-order valence-electron chi connectivity index (χ4n) is 2.95. The van der Waals surface area contributed by atoms with E-state index in [1.165, 1.54) is 0 Å². The van der Waals surface area contributed by atoms with Crippen LogP contribution in [0.4, 0.5) is 8.78 Å². The smallest absolute Gasteiger partial charge is 0.335 e. The molecular formula is C18H28F2N4O5. The van der Waals surface area contributed by atoms with Gasteiger partial charge in [-0.2, -0.15) is 5.11 Å². The topological polar surface area (TPSA) is 101 Å². The number of carbonyl (C=O) groups excluding carboxylic acids is 3. The normalized spacial score (nSPS) is 19.5. The van der Waals surface area contributed by atoms with Crippen molar-refractivity contribution in [3.8, 4) is 0 Å². The van der Waals surface area contributed by atoms with Gasteiger partial charge in [0.25, 0.3) is 11.8 Å². The second-order valence-corrected chi connectivity index (χ2v) is 7.38. The first-order chi connectivity index (χ1) is 13.7. The van der Waals surface area contributed by atoms with Crippen LogP contribution in [0.2, 0.25) is 0 Å². The molecule has 2 heterocycles. The van der Waals surface area contributed by atoms with Crippen molar-refractivity contribution in [3.05, 3.63) is 0 Å². The molecule has 11 heteroatoms. The van der Waals surface area contributed by atoms with Crippen molar-refractivity contribution in [3.63, 3.8) is 0 Å². The van der Waals surface area contributed by atoms with Crippen molar-refractivity contribution in [1.29, 1.82) is 0 Å². The SMILES string of the molecule is CC(F)(F)CCCCCCN1CC(COCCC(=O)ON2C(=O)CCC2=O)N=N1. The summed E-state index contributed by atoms with van der Waals surface area (Å²) < 4.78 is 30.8. The third-order valence-electron chi connectivity index (χ3n) is 4.50. The Morgan fingerprint density at radius 1 is 1.17 bits per heavy atom. The van der Waals surface area contributed by atoms with E-state index in [9.17, 15) is 23.2 Å². The van der Waals surface area contributed by atoms with Crippen molar-refractivity contribution >= 4 is 17.8 Å². The molecule has 2 aliphatic rings. The number of carbonyl (C=O) groups is 3. The molecule has 0 aromatic carbocycles. The van der Waals surface area contributed by atoms with Gasteiger partial charge in [0.15, 0.2) is 0 Å². The van der Waals surface area contributed by atoms with Crippen molar-refractivity contribution in [2.24, 2.45) is 10.3 Å². The van der Waals surface area contributed by atoms with E-state index in [2.05, 4.69) is 10.3 Å². The standard InChI is InChI=1S/C18H28F2N4O5/c1-18(19,20)9-4-2-3-5-10-23-12-14(21-22-23)13-28-11-8-17(27)29-24-15(25)6-7-16(24)26/h14H,2-13H2,1H3. The molecule has 0 radical (unpaired) electrons. The van der Waals surface area contributed by atoms with Gasteiger partial charge in [0.05, 0.1) is 26.2 Å². The van der Waals surface area contributed by atoms with Crippen LogP contribution in [-0.4, -0.2) is 66.1 Å². The highest BCUT2D eigenvalue weighted by molar-refractivity contribution is 6.01. The minimum Gasteiger partial charge on any atom is -0.378 e. The minimum absolute atomic E-state index is 0.0560. The number of rotatable bonds is 13. The predicted molar refractivity (Wildman–Crippen MR) is 96.5 cm³/mol. The average molecular weight is 418 g/mol. The molecule has 1 fully saturated rings. The summed E-state index contributed by atoms with van der Waals surface area (Å²) in [5, 5.41) is 10.5. The summed E-state index contributed by atoms with van der Waals surface area (Å²) >= 11 is 0. The Hall–Kier alpha value is -2.17. The molecule has 2 rings (SSSR count). The number of alkyl halides is 2. The summed E-state index contributed by atoms with van der Waals surface area (Å²) in [6.45, 7) is 2.64. The second kappa shape index (κ2) is 11.1. The number of amides is 2. The van der Waals surface area contributed by atoms with E-state index >= 15 is 0 Å². The molecule has 164 valence electrons. The Bertz CT molecular complexity index is 596. The summed E-state index contributed by atoms with van der Waals surface area (Å²) in [5.41, 5.74) is 0. The van der Waals surface area contributed by atoms with Crippen LogP contribution >= 0.6 is 0 Å². The van der Waals surface area contributed by atoms with Gasteiger partial charge in [-0.15, -0.1) is 5.06 Å². The van der Waals surface area contributed by atoms with Gasteiger partial charge < -0.3 is 9.57 Å². The summed E-state index contributed by atoms with van der Waals surface area (Å²) in [5.74, 6) is -4.32. The molecule has 0 aromatic heterocycles. The van der Waals surface area contributed by atoms with E-state index in [0.29, 0.717) is 31.2 Å². The fraction of sp³-hybridized carbons (Fsp3) is 0.833. The van der Waals surface area contributed by atoms with E-state index < -0.39 is 23.7 Å². The van der Waals surface area contributed by atoms with Crippen molar-refractivity contribution < 1.29 is 32.7 Å². The highest BCUT2D eigenvalue weighted by Gasteiger charge is 2.32. The molecule has 1 atom stereocenters. The maximum absolute atomic E-state index is 12.7. The summed E-state index contributed by atoms with van der Waals surface area (Å²) in [7, 11) is 0. The zero-order valence-corrected chi connectivity index (χ0v) is 16.6. The first-order valence-electron chi connectivity index (χ1n) is 9.92. The van der Waals surface area contributed by atoms with Crippen LogP contribution in [0.15, 0.2) is 10.3 Å². The first kappa shape index (κ1) is 23.1. The number of nitrogens with zero attached hydrogens (tertiary/aromatic N) is 4. The molecule has 2 aliphatic heterocycles. The Balaban J connectivity index is 1.47. The molecule has 0 N–H and O–H groups in total. The number of imide groups is 1. The van der Waals surface area contributed by atoms with Crippen LogP contribution in [0, 0.1) is 0 Å². The molecule has 0 bridgehead atoms. The van der Waals surface area contributed by atoms with Crippen LogP contribution in [0.3, 0.4) is 0 Å². The summed E-state index contributed by atoms with van der Waals surface area (Å²) in [6, 6.07) is -0.133. The number of hydrogen-bond donors (Lipinski definition) is 0. The number of hydroxylamine groups is 2. The van der Waals surface area contributed by atoms with E-state index in [-0.39, 0.29) is 38.3 Å². The lowest BCUT2D eigenvalue weighted by Crippen LogP contribution is -2.32. The maximum atomic E-state index is 12.7. The monoisotopic (exact) mass is 418 g/mol. The molecule has 0 saturated carbocycles. The van der Waals surface area contributed by atoms with Gasteiger partial charge in [0.1, 0.15) is 6.04 Å². The third-order valence-corrected chi connectivity index (χ3v) is 4.50. The zero-order valence-electron chi connectivity index (χ0n) is 16.6. The molecule has 2 amide bonds. The van der Waals surface area contributed by atoms with Gasteiger partial charge in [-0.1, -0.05) is 18.1 Å². The van der Waals surface area contributed by atoms with E-state index in [0.717, 1.165) is 26.2 Å². The number of hydrogen-bond acceptors (Lipinski definition) is 8. The fourth-order valence-corrected chi connectivity index (χ4v) is 2.95. The lowest BCUT2D eigenvalue weighted by Gasteiger charge is -2.14. The Morgan fingerprint density at radius 3 is 2.55 bits per heavy atom. The lowest BCUT2D eigenvalue weighted by atomic mass is 10.1. The van der Waals surface area contributed by atoms with Gasteiger partial charge in [0, 0.05) is 25.8 Å². The highest BCUT2D eigenvalue weighted by atomic mass is 19.3. The third kappa shape index (κ3) is 8.80. The minimum atomic E-state index is -2.59. The molecule has 9 nitrogen and oxygen atoms in total. The van der Waals surface area contributed by atoms with Crippen LogP contribution in [0.25, 0.3) is 0 Å². The van der Waals surface area contributed by atoms with Gasteiger partial charge in [-0.25, -0.2) is 13.6 Å². The van der Waals surface area contributed by atoms with Crippen molar-refractivity contribution in [2.45, 2.75) is 70.3 Å². The van der Waals surface area contributed by atoms with Crippen molar-refractivity contribution in [2.75, 3.05) is 26.3 Å². The van der Waals surface area contributed by atoms with Gasteiger partial charge in [0.2, 0.25) is 5.92 Å². The van der Waals surface area contributed by atoms with Crippen LogP contribution in [0.5, 0.6) is 0 Å². The van der Waals surface area contributed by atoms with Gasteiger partial charge in [-0.3, -0.25) is 14.6 Å². The van der Waals surface area contributed by atoms with Crippen molar-refractivity contribution in [1.82, 2.24) is 10.1 Å². The number of unbranched alkanes of at least 4 members (excludes halogenated alkanes) is 3. The Morgan fingerprint density at radius 2 is 1.86 bits per heavy atom. The molecule has 1 unspecified atom stereocenters. The Labute approximate surface area is 168 Å².